The third kappa shape index (κ3) is 4.31. The first-order valence-corrected chi connectivity index (χ1v) is 10.2. The maximum absolute atomic E-state index is 12.9. The molecule has 8 nitrogen and oxygen atoms in total. The quantitative estimate of drug-likeness (QED) is 0.856. The number of hydrogen-bond donors (Lipinski definition) is 1. The number of ether oxygens (including phenoxy) is 2. The Morgan fingerprint density at radius 2 is 1.93 bits per heavy atom. The summed E-state index contributed by atoms with van der Waals surface area (Å²) in [5.74, 6) is 0.715. The molecular weight excluding hydrogens is 372 g/mol. The molecule has 29 heavy (non-hydrogen) atoms. The van der Waals surface area contributed by atoms with Crippen LogP contribution in [0.25, 0.3) is 10.9 Å². The van der Waals surface area contributed by atoms with E-state index in [4.69, 9.17) is 9.47 Å². The summed E-state index contributed by atoms with van der Waals surface area (Å²) < 4.78 is 11.4. The van der Waals surface area contributed by atoms with E-state index < -0.39 is 11.7 Å². The molecule has 8 heteroatoms. The molecule has 4 rings (SSSR count). The lowest BCUT2D eigenvalue weighted by Gasteiger charge is -2.37. The first-order valence-electron chi connectivity index (χ1n) is 10.2. The molecule has 1 atom stereocenters. The molecule has 2 amide bonds. The summed E-state index contributed by atoms with van der Waals surface area (Å²) in [6, 6.07) is 5.80. The first-order chi connectivity index (χ1) is 13.8. The van der Waals surface area contributed by atoms with E-state index in [-0.39, 0.29) is 18.0 Å². The molecule has 2 aromatic rings. The molecule has 1 aromatic heterocycles. The summed E-state index contributed by atoms with van der Waals surface area (Å²) in [5, 5.41) is 7.87. The minimum Gasteiger partial charge on any atom is -0.481 e. The van der Waals surface area contributed by atoms with Crippen LogP contribution < -0.4 is 4.74 Å². The van der Waals surface area contributed by atoms with Crippen LogP contribution in [-0.2, 0) is 9.53 Å². The molecule has 3 heterocycles. The molecule has 2 aliphatic rings. The third-order valence-electron chi connectivity index (χ3n) is 5.44. The van der Waals surface area contributed by atoms with Crippen LogP contribution in [0, 0.1) is 0 Å². The number of rotatable bonds is 3. The van der Waals surface area contributed by atoms with E-state index in [2.05, 4.69) is 10.2 Å². The number of amides is 2. The molecule has 1 N–H and O–H groups in total. The Kier molecular flexibility index (Phi) is 5.10. The average molecular weight is 400 g/mol. The highest BCUT2D eigenvalue weighted by atomic mass is 16.6. The first kappa shape index (κ1) is 19.5. The lowest BCUT2D eigenvalue weighted by molar-refractivity contribution is -0.136. The number of aromatic nitrogens is 2. The lowest BCUT2D eigenvalue weighted by atomic mass is 10.0. The highest BCUT2D eigenvalue weighted by Gasteiger charge is 2.39. The predicted octanol–water partition coefficient (Wildman–Crippen LogP) is 2.94. The van der Waals surface area contributed by atoms with Gasteiger partial charge in [-0.25, -0.2) is 4.79 Å². The van der Waals surface area contributed by atoms with Gasteiger partial charge in [0, 0.05) is 37.5 Å². The van der Waals surface area contributed by atoms with Gasteiger partial charge in [-0.05, 0) is 51.8 Å². The second-order valence-electron chi connectivity index (χ2n) is 8.74. The van der Waals surface area contributed by atoms with Crippen molar-refractivity contribution in [3.63, 3.8) is 0 Å². The lowest BCUT2D eigenvalue weighted by Crippen LogP contribution is -2.49. The second-order valence-corrected chi connectivity index (χ2v) is 8.74. The molecule has 2 fully saturated rings. The second kappa shape index (κ2) is 7.57. The van der Waals surface area contributed by atoms with Gasteiger partial charge in [-0.2, -0.15) is 5.10 Å². The summed E-state index contributed by atoms with van der Waals surface area (Å²) in [6.45, 7) is 7.49. The number of carbonyl (C=O) groups is 2. The number of H-pyrrole nitrogens is 1. The Balaban J connectivity index is 1.32. The SMILES string of the molecule is CC(C)(C)OC(=O)N1CCC(N2CCC(Oc3ccc4[nH]ncc4c3)C2=O)CC1. The molecule has 2 saturated heterocycles. The van der Waals surface area contributed by atoms with Gasteiger partial charge in [0.2, 0.25) is 0 Å². The molecule has 0 saturated carbocycles. The average Bonchev–Trinajstić information content (AvgIpc) is 3.27. The van der Waals surface area contributed by atoms with Gasteiger partial charge in [0.05, 0.1) is 11.7 Å². The largest absolute Gasteiger partial charge is 0.481 e. The monoisotopic (exact) mass is 400 g/mol. The van der Waals surface area contributed by atoms with Gasteiger partial charge in [0.25, 0.3) is 5.91 Å². The van der Waals surface area contributed by atoms with Crippen molar-refractivity contribution in [2.24, 2.45) is 0 Å². The van der Waals surface area contributed by atoms with Crippen molar-refractivity contribution in [1.82, 2.24) is 20.0 Å². The zero-order valence-corrected chi connectivity index (χ0v) is 17.2. The molecule has 0 aliphatic carbocycles. The number of likely N-dealkylation sites (tertiary alicyclic amines) is 2. The van der Waals surface area contributed by atoms with E-state index in [0.717, 1.165) is 23.7 Å². The summed E-state index contributed by atoms with van der Waals surface area (Å²) in [5.41, 5.74) is 0.441. The van der Waals surface area contributed by atoms with E-state index >= 15 is 0 Å². The van der Waals surface area contributed by atoms with Crippen LogP contribution in [0.15, 0.2) is 24.4 Å². The van der Waals surface area contributed by atoms with Crippen molar-refractivity contribution in [2.45, 2.75) is 57.8 Å². The number of piperidine rings is 1. The maximum atomic E-state index is 12.9. The highest BCUT2D eigenvalue weighted by molar-refractivity contribution is 5.84. The van der Waals surface area contributed by atoms with Crippen LogP contribution in [0.4, 0.5) is 4.79 Å². The fourth-order valence-electron chi connectivity index (χ4n) is 3.99. The van der Waals surface area contributed by atoms with Crippen molar-refractivity contribution in [3.8, 4) is 5.75 Å². The molecule has 2 aliphatic heterocycles. The molecule has 1 aromatic carbocycles. The van der Waals surface area contributed by atoms with E-state index in [1.807, 2.05) is 43.9 Å². The van der Waals surface area contributed by atoms with Gasteiger partial charge in [-0.15, -0.1) is 0 Å². The van der Waals surface area contributed by atoms with Crippen LogP contribution in [0.3, 0.4) is 0 Å². The van der Waals surface area contributed by atoms with Gasteiger partial charge < -0.3 is 19.3 Å². The van der Waals surface area contributed by atoms with Gasteiger partial charge in [0.1, 0.15) is 11.4 Å². The standard InChI is InChI=1S/C21H28N4O4/c1-21(2,3)29-20(27)24-9-6-15(7-10-24)25-11-8-18(19(25)26)28-16-4-5-17-14(12-16)13-22-23-17/h4-5,12-13,15,18H,6-11H2,1-3H3,(H,22,23). The zero-order chi connectivity index (χ0) is 20.6. The van der Waals surface area contributed by atoms with Crippen LogP contribution in [0.5, 0.6) is 5.75 Å². The number of benzene rings is 1. The third-order valence-corrected chi connectivity index (χ3v) is 5.44. The number of fused-ring (bicyclic) bond motifs is 1. The molecular formula is C21H28N4O4. The van der Waals surface area contributed by atoms with Crippen LogP contribution in [-0.4, -0.2) is 69.4 Å². The predicted molar refractivity (Wildman–Crippen MR) is 108 cm³/mol. The number of nitrogens with zero attached hydrogens (tertiary/aromatic N) is 3. The molecule has 0 bridgehead atoms. The fraction of sp³-hybridized carbons (Fsp3) is 0.571. The van der Waals surface area contributed by atoms with Crippen LogP contribution in [0.2, 0.25) is 0 Å². The Morgan fingerprint density at radius 3 is 2.66 bits per heavy atom. The zero-order valence-electron chi connectivity index (χ0n) is 17.2. The summed E-state index contributed by atoms with van der Waals surface area (Å²) in [4.78, 5) is 28.8. The molecule has 156 valence electrons. The Labute approximate surface area is 170 Å². The van der Waals surface area contributed by atoms with E-state index in [1.165, 1.54) is 0 Å². The summed E-state index contributed by atoms with van der Waals surface area (Å²) in [7, 11) is 0. The topological polar surface area (TPSA) is 87.8 Å². The highest BCUT2D eigenvalue weighted by Crippen LogP contribution is 2.27. The van der Waals surface area contributed by atoms with E-state index in [9.17, 15) is 9.59 Å². The minimum atomic E-state index is -0.497. The van der Waals surface area contributed by atoms with Crippen LogP contribution in [0.1, 0.15) is 40.0 Å². The number of aromatic amines is 1. The summed E-state index contributed by atoms with van der Waals surface area (Å²) >= 11 is 0. The van der Waals surface area contributed by atoms with Crippen molar-refractivity contribution >= 4 is 22.9 Å². The van der Waals surface area contributed by atoms with E-state index in [1.54, 1.807) is 11.1 Å². The van der Waals surface area contributed by atoms with Gasteiger partial charge in [-0.3, -0.25) is 9.89 Å². The van der Waals surface area contributed by atoms with Crippen molar-refractivity contribution in [1.29, 1.82) is 0 Å². The van der Waals surface area contributed by atoms with Gasteiger partial charge in [-0.1, -0.05) is 0 Å². The minimum absolute atomic E-state index is 0.0352. The summed E-state index contributed by atoms with van der Waals surface area (Å²) in [6.07, 6.45) is 3.21. The van der Waals surface area contributed by atoms with Crippen LogP contribution >= 0.6 is 0 Å². The Hall–Kier alpha value is -2.77. The fourth-order valence-corrected chi connectivity index (χ4v) is 3.99. The van der Waals surface area contributed by atoms with Gasteiger partial charge in [0.15, 0.2) is 6.10 Å². The number of nitrogens with one attached hydrogen (secondary N) is 1. The number of carbonyl (C=O) groups excluding carboxylic acids is 2. The Morgan fingerprint density at radius 1 is 1.17 bits per heavy atom. The molecule has 0 radical (unpaired) electrons. The van der Waals surface area contributed by atoms with Crippen molar-refractivity contribution in [2.75, 3.05) is 19.6 Å². The number of hydrogen-bond acceptors (Lipinski definition) is 5. The normalized spacial score (nSPS) is 21.1. The van der Waals surface area contributed by atoms with Gasteiger partial charge >= 0.3 is 6.09 Å². The molecule has 1 unspecified atom stereocenters. The molecule has 0 spiro atoms. The van der Waals surface area contributed by atoms with E-state index in [0.29, 0.717) is 31.8 Å². The maximum Gasteiger partial charge on any atom is 0.410 e. The van der Waals surface area contributed by atoms with Crippen molar-refractivity contribution in [3.05, 3.63) is 24.4 Å². The van der Waals surface area contributed by atoms with Crippen molar-refractivity contribution < 1.29 is 19.1 Å². The Bertz CT molecular complexity index is 895. The smallest absolute Gasteiger partial charge is 0.410 e.